The van der Waals surface area contributed by atoms with Crippen molar-refractivity contribution in [3.8, 4) is 0 Å². The molecular formula is C17H23N5. The summed E-state index contributed by atoms with van der Waals surface area (Å²) in [7, 11) is 6.13. The van der Waals surface area contributed by atoms with Crippen molar-refractivity contribution in [2.24, 2.45) is 0 Å². The van der Waals surface area contributed by atoms with Crippen LogP contribution in [0.2, 0.25) is 0 Å². The Morgan fingerprint density at radius 2 is 1.82 bits per heavy atom. The normalized spacial score (nSPS) is 19.2. The van der Waals surface area contributed by atoms with Crippen LogP contribution >= 0.6 is 0 Å². The van der Waals surface area contributed by atoms with E-state index >= 15 is 0 Å². The first kappa shape index (κ1) is 14.8. The number of hydrogen-bond donors (Lipinski definition) is 0. The van der Waals surface area contributed by atoms with Crippen molar-refractivity contribution in [3.05, 3.63) is 48.3 Å². The van der Waals surface area contributed by atoms with Crippen LogP contribution in [-0.2, 0) is 0 Å². The first-order chi connectivity index (χ1) is 10.6. The smallest absolute Gasteiger partial charge is 0.147 e. The van der Waals surface area contributed by atoms with Gasteiger partial charge in [0.1, 0.15) is 11.6 Å². The molecule has 2 aromatic rings. The van der Waals surface area contributed by atoms with Crippen LogP contribution in [0.1, 0.15) is 11.6 Å². The summed E-state index contributed by atoms with van der Waals surface area (Å²) in [6, 6.07) is 11.0. The topological polar surface area (TPSA) is 35.5 Å². The highest BCUT2D eigenvalue weighted by molar-refractivity contribution is 5.45. The van der Waals surface area contributed by atoms with E-state index in [0.29, 0.717) is 6.04 Å². The molecule has 0 aliphatic carbocycles. The number of aromatic nitrogens is 2. The van der Waals surface area contributed by atoms with Gasteiger partial charge in [-0.05, 0) is 12.6 Å². The third-order valence-corrected chi connectivity index (χ3v) is 4.14. The summed E-state index contributed by atoms with van der Waals surface area (Å²) in [4.78, 5) is 15.8. The zero-order chi connectivity index (χ0) is 15.5. The molecule has 0 radical (unpaired) electrons. The second-order valence-corrected chi connectivity index (χ2v) is 6.01. The van der Waals surface area contributed by atoms with Crippen LogP contribution in [0, 0.1) is 0 Å². The van der Waals surface area contributed by atoms with Crippen LogP contribution in [0.4, 0.5) is 11.6 Å². The molecule has 1 fully saturated rings. The SMILES string of the molecule is CN1CCN(c2cnc(N(C)C)cn2)C(c2ccccc2)C1. The van der Waals surface area contributed by atoms with Crippen molar-refractivity contribution in [2.45, 2.75) is 6.04 Å². The van der Waals surface area contributed by atoms with Gasteiger partial charge in [0, 0.05) is 33.7 Å². The van der Waals surface area contributed by atoms with Crippen LogP contribution in [0.25, 0.3) is 0 Å². The number of anilines is 2. The minimum absolute atomic E-state index is 0.319. The molecule has 116 valence electrons. The number of benzene rings is 1. The molecule has 1 aliphatic rings. The lowest BCUT2D eigenvalue weighted by Gasteiger charge is -2.41. The maximum absolute atomic E-state index is 4.63. The number of hydrogen-bond acceptors (Lipinski definition) is 5. The van der Waals surface area contributed by atoms with Gasteiger partial charge in [-0.15, -0.1) is 0 Å². The lowest BCUT2D eigenvalue weighted by atomic mass is 10.0. The number of likely N-dealkylation sites (N-methyl/N-ethyl adjacent to an activating group) is 1. The molecule has 0 bridgehead atoms. The summed E-state index contributed by atoms with van der Waals surface area (Å²) in [6.07, 6.45) is 3.73. The molecule has 0 N–H and O–H groups in total. The van der Waals surface area contributed by atoms with Crippen LogP contribution in [0.15, 0.2) is 42.7 Å². The monoisotopic (exact) mass is 297 g/mol. The van der Waals surface area contributed by atoms with Gasteiger partial charge in [0.05, 0.1) is 18.4 Å². The number of rotatable bonds is 3. The van der Waals surface area contributed by atoms with Crippen molar-refractivity contribution in [1.29, 1.82) is 0 Å². The minimum Gasteiger partial charge on any atom is -0.361 e. The Kier molecular flexibility index (Phi) is 4.24. The highest BCUT2D eigenvalue weighted by Gasteiger charge is 2.27. The molecule has 1 aliphatic heterocycles. The van der Waals surface area contributed by atoms with Crippen LogP contribution in [-0.4, -0.2) is 55.6 Å². The Bertz CT molecular complexity index is 596. The predicted molar refractivity (Wildman–Crippen MR) is 90.4 cm³/mol. The molecule has 1 saturated heterocycles. The van der Waals surface area contributed by atoms with E-state index in [4.69, 9.17) is 0 Å². The number of nitrogens with zero attached hydrogens (tertiary/aromatic N) is 5. The Morgan fingerprint density at radius 1 is 1.05 bits per heavy atom. The largest absolute Gasteiger partial charge is 0.361 e. The van der Waals surface area contributed by atoms with Gasteiger partial charge in [-0.3, -0.25) is 0 Å². The third-order valence-electron chi connectivity index (χ3n) is 4.14. The van der Waals surface area contributed by atoms with Gasteiger partial charge in [0.25, 0.3) is 0 Å². The van der Waals surface area contributed by atoms with Gasteiger partial charge in [0.15, 0.2) is 0 Å². The maximum Gasteiger partial charge on any atom is 0.147 e. The summed E-state index contributed by atoms with van der Waals surface area (Å²) in [5.74, 6) is 1.83. The fourth-order valence-corrected chi connectivity index (χ4v) is 2.85. The Balaban J connectivity index is 1.89. The summed E-state index contributed by atoms with van der Waals surface area (Å²) in [5, 5.41) is 0. The van der Waals surface area contributed by atoms with E-state index in [0.717, 1.165) is 31.3 Å². The molecule has 0 amide bonds. The standard InChI is InChI=1S/C17H23N5/c1-20(2)16-11-19-17(12-18-16)22-10-9-21(3)13-15(22)14-7-5-4-6-8-14/h4-8,11-12,15H,9-10,13H2,1-3H3. The predicted octanol–water partition coefficient (Wildman–Crippen LogP) is 2.04. The minimum atomic E-state index is 0.319. The van der Waals surface area contributed by atoms with Gasteiger partial charge in [-0.2, -0.15) is 0 Å². The Hall–Kier alpha value is -2.14. The summed E-state index contributed by atoms with van der Waals surface area (Å²) in [5.41, 5.74) is 1.33. The van der Waals surface area contributed by atoms with Crippen LogP contribution < -0.4 is 9.80 Å². The zero-order valence-electron chi connectivity index (χ0n) is 13.5. The molecule has 1 atom stereocenters. The second-order valence-electron chi connectivity index (χ2n) is 6.01. The van der Waals surface area contributed by atoms with Gasteiger partial charge >= 0.3 is 0 Å². The van der Waals surface area contributed by atoms with E-state index in [1.807, 2.05) is 31.4 Å². The average molecular weight is 297 g/mol. The van der Waals surface area contributed by atoms with E-state index in [1.165, 1.54) is 5.56 Å². The van der Waals surface area contributed by atoms with Crippen LogP contribution in [0.5, 0.6) is 0 Å². The molecule has 1 aromatic heterocycles. The van der Waals surface area contributed by atoms with Crippen molar-refractivity contribution in [3.63, 3.8) is 0 Å². The molecule has 5 nitrogen and oxygen atoms in total. The summed E-state index contributed by atoms with van der Waals surface area (Å²) < 4.78 is 0. The van der Waals surface area contributed by atoms with E-state index in [2.05, 4.69) is 57.1 Å². The molecule has 1 unspecified atom stereocenters. The average Bonchev–Trinajstić information content (AvgIpc) is 2.56. The van der Waals surface area contributed by atoms with Gasteiger partial charge in [0.2, 0.25) is 0 Å². The van der Waals surface area contributed by atoms with Crippen molar-refractivity contribution in [2.75, 3.05) is 50.6 Å². The second kappa shape index (κ2) is 6.32. The maximum atomic E-state index is 4.63. The molecule has 2 heterocycles. The van der Waals surface area contributed by atoms with Gasteiger partial charge in [-0.1, -0.05) is 30.3 Å². The fourth-order valence-electron chi connectivity index (χ4n) is 2.85. The summed E-state index contributed by atoms with van der Waals surface area (Å²) >= 11 is 0. The third kappa shape index (κ3) is 3.04. The van der Waals surface area contributed by atoms with Gasteiger partial charge < -0.3 is 14.7 Å². The quantitative estimate of drug-likeness (QED) is 0.866. The fraction of sp³-hybridized carbons (Fsp3) is 0.412. The summed E-state index contributed by atoms with van der Waals surface area (Å²) in [6.45, 7) is 3.01. The molecule has 5 heteroatoms. The van der Waals surface area contributed by atoms with Crippen molar-refractivity contribution >= 4 is 11.6 Å². The highest BCUT2D eigenvalue weighted by atomic mass is 15.3. The Morgan fingerprint density at radius 3 is 2.45 bits per heavy atom. The molecule has 0 spiro atoms. The zero-order valence-corrected chi connectivity index (χ0v) is 13.5. The lowest BCUT2D eigenvalue weighted by Crippen LogP contribution is -2.47. The Labute approximate surface area is 132 Å². The number of piperazine rings is 1. The van der Waals surface area contributed by atoms with Crippen LogP contribution in [0.3, 0.4) is 0 Å². The first-order valence-corrected chi connectivity index (χ1v) is 7.64. The lowest BCUT2D eigenvalue weighted by molar-refractivity contribution is 0.268. The molecule has 0 saturated carbocycles. The first-order valence-electron chi connectivity index (χ1n) is 7.64. The highest BCUT2D eigenvalue weighted by Crippen LogP contribution is 2.29. The van der Waals surface area contributed by atoms with Crippen molar-refractivity contribution in [1.82, 2.24) is 14.9 Å². The van der Waals surface area contributed by atoms with E-state index in [9.17, 15) is 0 Å². The van der Waals surface area contributed by atoms with E-state index < -0.39 is 0 Å². The molecular weight excluding hydrogens is 274 g/mol. The van der Waals surface area contributed by atoms with Gasteiger partial charge in [-0.25, -0.2) is 9.97 Å². The van der Waals surface area contributed by atoms with Crippen molar-refractivity contribution < 1.29 is 0 Å². The molecule has 1 aromatic carbocycles. The van der Waals surface area contributed by atoms with E-state index in [1.54, 1.807) is 0 Å². The molecule has 3 rings (SSSR count). The van der Waals surface area contributed by atoms with E-state index in [-0.39, 0.29) is 0 Å². The molecule has 22 heavy (non-hydrogen) atoms.